The highest BCUT2D eigenvalue weighted by Crippen LogP contribution is 2.19. The minimum absolute atomic E-state index is 0.119. The Balaban J connectivity index is 2.74. The number of halogens is 1. The van der Waals surface area contributed by atoms with Crippen LogP contribution in [0.1, 0.15) is 10.4 Å². The van der Waals surface area contributed by atoms with Crippen LogP contribution in [-0.4, -0.2) is 13.1 Å². The highest BCUT2D eigenvalue weighted by molar-refractivity contribution is 9.10. The van der Waals surface area contributed by atoms with Gasteiger partial charge in [0.15, 0.2) is 0 Å². The standard InChI is InChI=1S/C11H8BrNO3/c1-15-11(14)8-5-6-4-7(12)2-3-9(6)16-10(8)13/h2-5,13H,1H3. The number of carbonyl (C=O) groups excluding carboxylic acids is 1. The van der Waals surface area contributed by atoms with E-state index in [0.29, 0.717) is 5.58 Å². The Morgan fingerprint density at radius 2 is 2.19 bits per heavy atom. The summed E-state index contributed by atoms with van der Waals surface area (Å²) in [6.07, 6.45) is 0. The Morgan fingerprint density at radius 3 is 2.88 bits per heavy atom. The van der Waals surface area contributed by atoms with Gasteiger partial charge in [0.1, 0.15) is 11.1 Å². The normalized spacial score (nSPS) is 10.4. The number of hydrogen-bond donors (Lipinski definition) is 1. The average molecular weight is 282 g/mol. The molecule has 0 saturated heterocycles. The van der Waals surface area contributed by atoms with Gasteiger partial charge >= 0.3 is 5.97 Å². The lowest BCUT2D eigenvalue weighted by molar-refractivity contribution is 0.0595. The van der Waals surface area contributed by atoms with Gasteiger partial charge < -0.3 is 9.15 Å². The molecule has 0 bridgehead atoms. The second kappa shape index (κ2) is 4.09. The van der Waals surface area contributed by atoms with E-state index in [1.165, 1.54) is 7.11 Å². The lowest BCUT2D eigenvalue weighted by atomic mass is 10.2. The van der Waals surface area contributed by atoms with Crippen LogP contribution in [0.5, 0.6) is 0 Å². The molecule has 1 N–H and O–H groups in total. The molecule has 1 heterocycles. The molecule has 0 fully saturated rings. The van der Waals surface area contributed by atoms with E-state index >= 15 is 0 Å². The molecule has 16 heavy (non-hydrogen) atoms. The molecular formula is C11H8BrNO3. The summed E-state index contributed by atoms with van der Waals surface area (Å²) < 4.78 is 10.7. The predicted octanol–water partition coefficient (Wildman–Crippen LogP) is 2.46. The molecular weight excluding hydrogens is 274 g/mol. The van der Waals surface area contributed by atoms with Crippen LogP contribution in [0.15, 0.2) is 33.2 Å². The lowest BCUT2D eigenvalue weighted by Gasteiger charge is -2.02. The third-order valence-corrected chi connectivity index (χ3v) is 2.63. The topological polar surface area (TPSA) is 63.3 Å². The summed E-state index contributed by atoms with van der Waals surface area (Å²) in [5.74, 6) is -0.573. The van der Waals surface area contributed by atoms with Crippen molar-refractivity contribution in [2.24, 2.45) is 0 Å². The van der Waals surface area contributed by atoms with Crippen LogP contribution < -0.4 is 5.55 Å². The van der Waals surface area contributed by atoms with Crippen molar-refractivity contribution in [3.8, 4) is 0 Å². The summed E-state index contributed by atoms with van der Waals surface area (Å²) in [5, 5.41) is 8.30. The van der Waals surface area contributed by atoms with Gasteiger partial charge in [-0.1, -0.05) is 15.9 Å². The van der Waals surface area contributed by atoms with E-state index < -0.39 is 5.97 Å². The number of carbonyl (C=O) groups is 1. The first-order valence-corrected chi connectivity index (χ1v) is 5.27. The first-order valence-electron chi connectivity index (χ1n) is 4.48. The van der Waals surface area contributed by atoms with E-state index in [2.05, 4.69) is 20.7 Å². The van der Waals surface area contributed by atoms with E-state index in [0.717, 1.165) is 9.86 Å². The largest absolute Gasteiger partial charge is 0.465 e. The number of benzene rings is 1. The Labute approximate surface area is 99.5 Å². The Morgan fingerprint density at radius 1 is 1.44 bits per heavy atom. The minimum Gasteiger partial charge on any atom is -0.465 e. The maximum absolute atomic E-state index is 11.3. The summed E-state index contributed by atoms with van der Waals surface area (Å²) in [4.78, 5) is 11.3. The minimum atomic E-state index is -0.573. The van der Waals surface area contributed by atoms with Crippen molar-refractivity contribution in [1.29, 1.82) is 5.41 Å². The van der Waals surface area contributed by atoms with Gasteiger partial charge in [0.05, 0.1) is 7.11 Å². The van der Waals surface area contributed by atoms with Crippen LogP contribution in [0.3, 0.4) is 0 Å². The molecule has 0 radical (unpaired) electrons. The molecule has 1 aromatic carbocycles. The van der Waals surface area contributed by atoms with E-state index in [-0.39, 0.29) is 11.1 Å². The zero-order chi connectivity index (χ0) is 11.7. The summed E-state index contributed by atoms with van der Waals surface area (Å²) >= 11 is 3.32. The molecule has 0 unspecified atom stereocenters. The summed E-state index contributed by atoms with van der Waals surface area (Å²) in [5.41, 5.74) is 0.482. The molecule has 2 aromatic rings. The van der Waals surface area contributed by atoms with E-state index in [1.54, 1.807) is 12.1 Å². The third-order valence-electron chi connectivity index (χ3n) is 2.13. The Hall–Kier alpha value is -1.62. The van der Waals surface area contributed by atoms with E-state index in [9.17, 15) is 4.79 Å². The van der Waals surface area contributed by atoms with Crippen LogP contribution in [-0.2, 0) is 4.74 Å². The summed E-state index contributed by atoms with van der Waals surface area (Å²) in [6.45, 7) is 0. The number of ether oxygens (including phenoxy) is 1. The smallest absolute Gasteiger partial charge is 0.343 e. The molecule has 4 nitrogen and oxygen atoms in total. The van der Waals surface area contributed by atoms with Gasteiger partial charge in [-0.25, -0.2) is 4.79 Å². The molecule has 0 spiro atoms. The van der Waals surface area contributed by atoms with Gasteiger partial charge in [-0.05, 0) is 24.3 Å². The molecule has 5 heteroatoms. The van der Waals surface area contributed by atoms with Gasteiger partial charge in [0.2, 0.25) is 5.55 Å². The predicted molar refractivity (Wildman–Crippen MR) is 61.1 cm³/mol. The van der Waals surface area contributed by atoms with E-state index in [4.69, 9.17) is 9.83 Å². The van der Waals surface area contributed by atoms with Gasteiger partial charge in [-0.15, -0.1) is 0 Å². The molecule has 2 rings (SSSR count). The second-order valence-corrected chi connectivity index (χ2v) is 4.08. The number of hydrogen-bond acceptors (Lipinski definition) is 4. The van der Waals surface area contributed by atoms with Crippen LogP contribution in [0.25, 0.3) is 11.0 Å². The fourth-order valence-corrected chi connectivity index (χ4v) is 1.75. The van der Waals surface area contributed by atoms with E-state index in [1.807, 2.05) is 12.1 Å². The molecule has 0 aliphatic heterocycles. The molecule has 0 atom stereocenters. The number of fused-ring (bicyclic) bond motifs is 1. The van der Waals surface area contributed by atoms with Crippen LogP contribution in [0, 0.1) is 5.41 Å². The van der Waals surface area contributed by atoms with Crippen LogP contribution >= 0.6 is 15.9 Å². The molecule has 0 saturated carbocycles. The molecule has 1 aromatic heterocycles. The molecule has 0 amide bonds. The average Bonchev–Trinajstić information content (AvgIpc) is 2.28. The molecule has 0 aliphatic carbocycles. The second-order valence-electron chi connectivity index (χ2n) is 3.16. The van der Waals surface area contributed by atoms with Crippen molar-refractivity contribution in [3.05, 3.63) is 39.9 Å². The Bertz CT molecular complexity index is 618. The fourth-order valence-electron chi connectivity index (χ4n) is 1.37. The first kappa shape index (κ1) is 10.9. The van der Waals surface area contributed by atoms with Gasteiger partial charge in [-0.3, -0.25) is 5.41 Å². The number of esters is 1. The maximum Gasteiger partial charge on any atom is 0.343 e. The summed E-state index contributed by atoms with van der Waals surface area (Å²) in [7, 11) is 1.27. The zero-order valence-electron chi connectivity index (χ0n) is 8.41. The molecule has 0 aliphatic rings. The SMILES string of the molecule is COC(=O)c1cc2cc(Br)ccc2oc1=N. The summed E-state index contributed by atoms with van der Waals surface area (Å²) in [6, 6.07) is 6.93. The highest BCUT2D eigenvalue weighted by Gasteiger charge is 2.11. The maximum atomic E-state index is 11.3. The van der Waals surface area contributed by atoms with Crippen LogP contribution in [0.2, 0.25) is 0 Å². The zero-order valence-corrected chi connectivity index (χ0v) is 10.00. The molecule has 82 valence electrons. The van der Waals surface area contributed by atoms with Gasteiger partial charge in [-0.2, -0.15) is 0 Å². The van der Waals surface area contributed by atoms with Crippen molar-refractivity contribution >= 4 is 32.9 Å². The third kappa shape index (κ3) is 1.86. The Kier molecular flexibility index (Phi) is 2.78. The van der Waals surface area contributed by atoms with Gasteiger partial charge in [0.25, 0.3) is 0 Å². The van der Waals surface area contributed by atoms with Crippen LogP contribution in [0.4, 0.5) is 0 Å². The lowest BCUT2D eigenvalue weighted by Crippen LogP contribution is -2.15. The van der Waals surface area contributed by atoms with Crippen molar-refractivity contribution in [2.45, 2.75) is 0 Å². The van der Waals surface area contributed by atoms with Crippen molar-refractivity contribution in [3.63, 3.8) is 0 Å². The quantitative estimate of drug-likeness (QED) is 0.817. The van der Waals surface area contributed by atoms with Crippen molar-refractivity contribution < 1.29 is 13.9 Å². The highest BCUT2D eigenvalue weighted by atomic mass is 79.9. The number of rotatable bonds is 1. The van der Waals surface area contributed by atoms with Gasteiger partial charge in [0, 0.05) is 9.86 Å². The number of methoxy groups -OCH3 is 1. The number of nitrogens with one attached hydrogen (secondary N) is 1. The van der Waals surface area contributed by atoms with Crippen molar-refractivity contribution in [2.75, 3.05) is 7.11 Å². The monoisotopic (exact) mass is 281 g/mol. The first-order chi connectivity index (χ1) is 7.61. The fraction of sp³-hybridized carbons (Fsp3) is 0.0909. The van der Waals surface area contributed by atoms with Crippen molar-refractivity contribution in [1.82, 2.24) is 0 Å².